The lowest BCUT2D eigenvalue weighted by Crippen LogP contribution is -2.31. The molecule has 0 fully saturated rings. The van der Waals surface area contributed by atoms with Crippen molar-refractivity contribution in [1.29, 1.82) is 0 Å². The molecule has 0 heterocycles. The number of carbonyl (C=O) groups is 3. The highest BCUT2D eigenvalue weighted by Crippen LogP contribution is 2.06. The molecule has 0 aliphatic carbocycles. The van der Waals surface area contributed by atoms with E-state index in [1.54, 1.807) is 36.4 Å². The first-order valence-electron chi connectivity index (χ1n) is 10.4. The number of aliphatic hydroxyl groups is 1. The van der Waals surface area contributed by atoms with E-state index in [0.717, 1.165) is 11.1 Å². The van der Waals surface area contributed by atoms with E-state index in [1.807, 2.05) is 42.5 Å². The molecule has 5 N–H and O–H groups in total. The molecule has 3 rings (SSSR count). The maximum Gasteiger partial charge on any atom is 0.405 e. The number of aliphatic hydroxyl groups excluding tert-OH is 1. The molecule has 1 amide bonds. The molecule has 0 spiro atoms. The maximum atomic E-state index is 10.7. The zero-order valence-corrected chi connectivity index (χ0v) is 18.8. The summed E-state index contributed by atoms with van der Waals surface area (Å²) in [5, 5.41) is 26.1. The predicted octanol–water partition coefficient (Wildman–Crippen LogP) is 3.56. The van der Waals surface area contributed by atoms with Gasteiger partial charge in [0.15, 0.2) is 6.10 Å². The Labute approximate surface area is 199 Å². The zero-order chi connectivity index (χ0) is 25.3. The fourth-order valence-electron chi connectivity index (χ4n) is 2.61. The van der Waals surface area contributed by atoms with Gasteiger partial charge in [0.25, 0.3) is 0 Å². The molecule has 182 valence electrons. The van der Waals surface area contributed by atoms with Crippen LogP contribution >= 0.6 is 0 Å². The van der Waals surface area contributed by atoms with Crippen molar-refractivity contribution in [2.24, 2.45) is 5.73 Å². The lowest BCUT2D eigenvalue weighted by Gasteiger charge is -2.11. The van der Waals surface area contributed by atoms with Crippen molar-refractivity contribution in [2.75, 3.05) is 0 Å². The lowest BCUT2D eigenvalue weighted by molar-refractivity contribution is -0.147. The zero-order valence-electron chi connectivity index (χ0n) is 19.8. The van der Waals surface area contributed by atoms with E-state index >= 15 is 0 Å². The Morgan fingerprint density at radius 2 is 1.18 bits per heavy atom. The molecule has 0 bridgehead atoms. The van der Waals surface area contributed by atoms with Gasteiger partial charge in [0.05, 0.1) is 0 Å². The van der Waals surface area contributed by atoms with Gasteiger partial charge in [-0.2, -0.15) is 0 Å². The van der Waals surface area contributed by atoms with Crippen LogP contribution in [0.1, 0.15) is 18.1 Å². The SMILES string of the molecule is Cc1ccccc1.NC(=O)OC(Cc1ccccc1)C(=O)O.O=C(O)[C@H](O)Cc1ccccc1.[2H-]. The predicted molar refractivity (Wildman–Crippen MR) is 128 cm³/mol. The molecule has 0 saturated heterocycles. The van der Waals surface area contributed by atoms with Gasteiger partial charge in [0.2, 0.25) is 6.10 Å². The molecule has 3 aromatic rings. The highest BCUT2D eigenvalue weighted by Gasteiger charge is 2.21. The fraction of sp³-hybridized carbons (Fsp3) is 0.192. The normalized spacial score (nSPS) is 11.4. The van der Waals surface area contributed by atoms with Crippen LogP contribution in [-0.4, -0.2) is 45.6 Å². The number of rotatable bonds is 7. The van der Waals surface area contributed by atoms with Crippen molar-refractivity contribution in [3.63, 3.8) is 0 Å². The molecule has 0 aliphatic heterocycles. The summed E-state index contributed by atoms with van der Waals surface area (Å²) in [4.78, 5) is 31.4. The number of carboxylic acids is 2. The summed E-state index contributed by atoms with van der Waals surface area (Å²) in [5.41, 5.74) is 7.68. The molecule has 0 radical (unpaired) electrons. The average molecular weight is 470 g/mol. The number of primary amides is 1. The molecule has 34 heavy (non-hydrogen) atoms. The molecule has 8 heteroatoms. The maximum absolute atomic E-state index is 10.7. The summed E-state index contributed by atoms with van der Waals surface area (Å²) in [5.74, 6) is -2.39. The van der Waals surface area contributed by atoms with Crippen molar-refractivity contribution in [3.05, 3.63) is 108 Å². The van der Waals surface area contributed by atoms with E-state index < -0.39 is 30.2 Å². The number of aliphatic carboxylic acids is 2. The lowest BCUT2D eigenvalue weighted by atomic mass is 10.1. The second-order valence-electron chi connectivity index (χ2n) is 7.15. The number of carboxylic acid groups (broad SMARTS) is 2. The van der Waals surface area contributed by atoms with Crippen LogP contribution in [0.2, 0.25) is 0 Å². The molecule has 1 unspecified atom stereocenters. The van der Waals surface area contributed by atoms with Gasteiger partial charge in [-0.1, -0.05) is 96.6 Å². The van der Waals surface area contributed by atoms with Gasteiger partial charge in [-0.25, -0.2) is 14.4 Å². The Hall–Kier alpha value is -4.17. The van der Waals surface area contributed by atoms with Crippen LogP contribution in [-0.2, 0) is 27.2 Å². The molecule has 2 atom stereocenters. The van der Waals surface area contributed by atoms with Crippen LogP contribution in [0.25, 0.3) is 0 Å². The smallest absolute Gasteiger partial charge is 0.405 e. The first kappa shape index (κ1) is 27.9. The van der Waals surface area contributed by atoms with Gasteiger partial charge in [-0.3, -0.25) is 0 Å². The third-order valence-electron chi connectivity index (χ3n) is 4.30. The average Bonchev–Trinajstić information content (AvgIpc) is 2.81. The van der Waals surface area contributed by atoms with E-state index in [0.29, 0.717) is 0 Å². The minimum Gasteiger partial charge on any atom is -1.00 e. The second kappa shape index (κ2) is 15.6. The van der Waals surface area contributed by atoms with Crippen LogP contribution in [0.15, 0.2) is 91.0 Å². The standard InChI is InChI=1S/C10H11NO4.C9H10O3.C7H8.H/c11-10(14)15-8(9(12)13)6-7-4-2-1-3-5-7;10-8(9(11)12)6-7-4-2-1-3-5-7;1-7-5-3-2-4-6-7;/h1-5,8H,6H2,(H2,11,14)(H,12,13);1-5,8,10H,6H2,(H,11,12);2-6H,1H3;/q;;;-1/t;8-;;/m.1../s1/i;;;1+1. The van der Waals surface area contributed by atoms with Gasteiger partial charge in [0, 0.05) is 12.8 Å². The van der Waals surface area contributed by atoms with E-state index in [9.17, 15) is 14.4 Å². The van der Waals surface area contributed by atoms with Crippen LogP contribution in [0.3, 0.4) is 0 Å². The number of aryl methyl sites for hydroxylation is 1. The Bertz CT molecular complexity index is 1000. The number of benzene rings is 3. The van der Waals surface area contributed by atoms with Gasteiger partial charge in [-0.05, 0) is 18.1 Å². The van der Waals surface area contributed by atoms with Crippen LogP contribution in [0.4, 0.5) is 4.79 Å². The Morgan fingerprint density at radius 3 is 1.50 bits per heavy atom. The number of nitrogens with two attached hydrogens (primary N) is 1. The summed E-state index contributed by atoms with van der Waals surface area (Å²) >= 11 is 0. The van der Waals surface area contributed by atoms with Crippen LogP contribution in [0, 0.1) is 6.92 Å². The summed E-state index contributed by atoms with van der Waals surface area (Å²) in [6.07, 6.45) is -3.34. The summed E-state index contributed by atoms with van der Waals surface area (Å²) in [7, 11) is 0. The Morgan fingerprint density at radius 1 is 0.765 bits per heavy atom. The minimum absolute atomic E-state index is 0. The van der Waals surface area contributed by atoms with Crippen molar-refractivity contribution >= 4 is 18.0 Å². The largest absolute Gasteiger partial charge is 1.00 e. The van der Waals surface area contributed by atoms with E-state index in [1.165, 1.54) is 5.56 Å². The molecular weight excluding hydrogens is 438 g/mol. The number of hydrogen-bond donors (Lipinski definition) is 4. The quantitative estimate of drug-likeness (QED) is 0.414. The number of carbonyl (C=O) groups excluding carboxylic acids is 1. The van der Waals surface area contributed by atoms with Crippen LogP contribution in [0.5, 0.6) is 0 Å². The first-order chi connectivity index (χ1) is 16.2. The highest BCUT2D eigenvalue weighted by molar-refractivity contribution is 5.77. The van der Waals surface area contributed by atoms with E-state index in [4.69, 9.17) is 21.1 Å². The van der Waals surface area contributed by atoms with Crippen molar-refractivity contribution in [3.8, 4) is 0 Å². The van der Waals surface area contributed by atoms with Crippen molar-refractivity contribution in [2.45, 2.75) is 32.0 Å². The summed E-state index contributed by atoms with van der Waals surface area (Å²) < 4.78 is 4.46. The monoisotopic (exact) mass is 469 g/mol. The highest BCUT2D eigenvalue weighted by atomic mass is 16.6. The molecule has 3 aromatic carbocycles. The van der Waals surface area contributed by atoms with Crippen molar-refractivity contribution in [1.82, 2.24) is 0 Å². The van der Waals surface area contributed by atoms with Gasteiger partial charge in [-0.15, -0.1) is 0 Å². The molecular formula is C26H30NO7-. The summed E-state index contributed by atoms with van der Waals surface area (Å²) in [6, 6.07) is 28.2. The second-order valence-corrected chi connectivity index (χ2v) is 7.15. The van der Waals surface area contributed by atoms with E-state index in [2.05, 4.69) is 23.8 Å². The van der Waals surface area contributed by atoms with Gasteiger partial charge >= 0.3 is 18.0 Å². The van der Waals surface area contributed by atoms with Crippen LogP contribution < -0.4 is 5.73 Å². The number of amides is 1. The molecule has 0 aromatic heterocycles. The number of hydrogen-bond acceptors (Lipinski definition) is 5. The minimum atomic E-state index is -1.30. The van der Waals surface area contributed by atoms with Gasteiger partial charge < -0.3 is 27.2 Å². The number of ether oxygens (including phenoxy) is 1. The van der Waals surface area contributed by atoms with Gasteiger partial charge in [0.1, 0.15) is 0 Å². The third kappa shape index (κ3) is 12.6. The molecule has 8 nitrogen and oxygen atoms in total. The Kier molecular flexibility index (Phi) is 12.8. The fourth-order valence-corrected chi connectivity index (χ4v) is 2.61. The summed E-state index contributed by atoms with van der Waals surface area (Å²) in [6.45, 7) is 2.08. The van der Waals surface area contributed by atoms with E-state index in [-0.39, 0.29) is 14.3 Å². The Balaban J connectivity index is 0.000000517. The third-order valence-corrected chi connectivity index (χ3v) is 4.30. The molecule has 0 saturated carbocycles. The van der Waals surface area contributed by atoms with Crippen molar-refractivity contribution < 1.29 is 35.9 Å². The molecule has 0 aliphatic rings. The topological polar surface area (TPSA) is 147 Å². The first-order valence-corrected chi connectivity index (χ1v) is 10.4.